The number of hydrogen-bond donors (Lipinski definition) is 1. The predicted molar refractivity (Wildman–Crippen MR) is 130 cm³/mol. The van der Waals surface area contributed by atoms with E-state index in [0.29, 0.717) is 11.6 Å². The molecular weight excluding hydrogens is 434 g/mol. The third kappa shape index (κ3) is 3.80. The lowest BCUT2D eigenvalue weighted by atomic mass is 10.0. The number of benzene rings is 2. The molecule has 33 heavy (non-hydrogen) atoms. The highest BCUT2D eigenvalue weighted by Crippen LogP contribution is 2.38. The molecule has 0 saturated carbocycles. The van der Waals surface area contributed by atoms with Crippen LogP contribution in [0.15, 0.2) is 72.9 Å². The van der Waals surface area contributed by atoms with Gasteiger partial charge in [0, 0.05) is 22.8 Å². The number of nitrogens with one attached hydrogen (secondary N) is 1. The van der Waals surface area contributed by atoms with Crippen LogP contribution in [0.4, 0.5) is 4.79 Å². The van der Waals surface area contributed by atoms with Crippen molar-refractivity contribution in [2.45, 2.75) is 39.4 Å². The van der Waals surface area contributed by atoms with Crippen LogP contribution in [0.5, 0.6) is 0 Å². The molecule has 1 N–H and O–H groups in total. The van der Waals surface area contributed by atoms with Crippen molar-refractivity contribution >= 4 is 17.6 Å². The molecule has 0 saturated heterocycles. The van der Waals surface area contributed by atoms with Crippen LogP contribution in [-0.2, 0) is 6.54 Å². The molecule has 3 heterocycles. The van der Waals surface area contributed by atoms with Gasteiger partial charge in [-0.3, -0.25) is 0 Å². The third-order valence-corrected chi connectivity index (χ3v) is 6.16. The summed E-state index contributed by atoms with van der Waals surface area (Å²) in [6.45, 7) is 6.36. The van der Waals surface area contributed by atoms with Crippen molar-refractivity contribution in [3.63, 3.8) is 0 Å². The molecule has 2 aromatic carbocycles. The highest BCUT2D eigenvalue weighted by molar-refractivity contribution is 6.30. The molecule has 0 aliphatic carbocycles. The average molecular weight is 460 g/mol. The van der Waals surface area contributed by atoms with Gasteiger partial charge in [0.2, 0.25) is 0 Å². The van der Waals surface area contributed by atoms with Gasteiger partial charge in [0.15, 0.2) is 0 Å². The fraction of sp³-hybridized carbons (Fsp3) is 0.231. The van der Waals surface area contributed by atoms with Gasteiger partial charge in [0.05, 0.1) is 29.7 Å². The lowest BCUT2D eigenvalue weighted by Gasteiger charge is -2.31. The SMILES string of the molecule is Cc1nn(-c2ccccc2)c2c1CN(C(=O)NC(C)C)[C@@H](c1cccc(Cl)c1)c1cccn1-2. The van der Waals surface area contributed by atoms with Crippen molar-refractivity contribution in [2.24, 2.45) is 0 Å². The normalized spacial score (nSPS) is 15.2. The number of halogens is 1. The van der Waals surface area contributed by atoms with E-state index in [-0.39, 0.29) is 18.1 Å². The van der Waals surface area contributed by atoms with Crippen LogP contribution < -0.4 is 5.32 Å². The number of aryl methyl sites for hydroxylation is 1. The molecule has 0 unspecified atom stereocenters. The number of para-hydroxylation sites is 1. The summed E-state index contributed by atoms with van der Waals surface area (Å²) in [6, 6.07) is 21.5. The van der Waals surface area contributed by atoms with Crippen LogP contribution in [0, 0.1) is 6.92 Å². The van der Waals surface area contributed by atoms with Gasteiger partial charge in [0.1, 0.15) is 5.82 Å². The molecule has 0 fully saturated rings. The number of amides is 2. The lowest BCUT2D eigenvalue weighted by molar-refractivity contribution is 0.178. The average Bonchev–Trinajstić information content (AvgIpc) is 3.34. The molecule has 0 bridgehead atoms. The van der Waals surface area contributed by atoms with Crippen LogP contribution in [0.3, 0.4) is 0 Å². The maximum Gasteiger partial charge on any atom is 0.318 e. The summed E-state index contributed by atoms with van der Waals surface area (Å²) in [7, 11) is 0. The molecule has 4 aromatic rings. The Morgan fingerprint density at radius 2 is 1.88 bits per heavy atom. The van der Waals surface area contributed by atoms with Gasteiger partial charge < -0.3 is 14.8 Å². The van der Waals surface area contributed by atoms with Crippen molar-refractivity contribution in [1.82, 2.24) is 24.6 Å². The number of rotatable bonds is 3. The topological polar surface area (TPSA) is 55.1 Å². The molecule has 6 nitrogen and oxygen atoms in total. The fourth-order valence-corrected chi connectivity index (χ4v) is 4.71. The number of aromatic nitrogens is 3. The van der Waals surface area contributed by atoms with Crippen molar-refractivity contribution in [1.29, 1.82) is 0 Å². The Hall–Kier alpha value is -3.51. The van der Waals surface area contributed by atoms with E-state index in [1.165, 1.54) is 0 Å². The van der Waals surface area contributed by atoms with Crippen LogP contribution in [-0.4, -0.2) is 31.3 Å². The molecule has 1 atom stereocenters. The molecular formula is C26H26ClN5O. The Balaban J connectivity index is 1.75. The van der Waals surface area contributed by atoms with Gasteiger partial charge in [0.25, 0.3) is 0 Å². The van der Waals surface area contributed by atoms with E-state index in [4.69, 9.17) is 16.7 Å². The summed E-state index contributed by atoms with van der Waals surface area (Å²) < 4.78 is 4.11. The van der Waals surface area contributed by atoms with Gasteiger partial charge in [-0.25, -0.2) is 9.48 Å². The highest BCUT2D eigenvalue weighted by atomic mass is 35.5. The summed E-state index contributed by atoms with van der Waals surface area (Å²) >= 11 is 6.38. The standard InChI is InChI=1S/C26H26ClN5O/c1-17(2)28-26(33)31-16-22-18(3)29-32(21-11-5-4-6-12-21)25(22)30-14-8-13-23(30)24(31)19-9-7-10-20(27)15-19/h4-15,17,24H,16H2,1-3H3,(H,28,33)/t24-/m0/s1. The minimum absolute atomic E-state index is 0.0140. The molecule has 168 valence electrons. The van der Waals surface area contributed by atoms with Crippen molar-refractivity contribution < 1.29 is 4.79 Å². The maximum atomic E-state index is 13.5. The van der Waals surface area contributed by atoms with E-state index < -0.39 is 0 Å². The van der Waals surface area contributed by atoms with Crippen LogP contribution in [0.25, 0.3) is 11.5 Å². The maximum absolute atomic E-state index is 13.5. The summed E-state index contributed by atoms with van der Waals surface area (Å²) in [5.74, 6) is 0.950. The van der Waals surface area contributed by atoms with Gasteiger partial charge in [-0.2, -0.15) is 5.10 Å². The summed E-state index contributed by atoms with van der Waals surface area (Å²) in [4.78, 5) is 15.4. The third-order valence-electron chi connectivity index (χ3n) is 5.92. The minimum Gasteiger partial charge on any atom is -0.336 e. The number of carbonyl (C=O) groups excluding carboxylic acids is 1. The van der Waals surface area contributed by atoms with E-state index in [9.17, 15) is 4.79 Å². The number of urea groups is 1. The van der Waals surface area contributed by atoms with E-state index >= 15 is 0 Å². The molecule has 1 aliphatic rings. The second kappa shape index (κ2) is 8.45. The monoisotopic (exact) mass is 459 g/mol. The zero-order chi connectivity index (χ0) is 23.1. The van der Waals surface area contributed by atoms with Gasteiger partial charge in [-0.05, 0) is 62.7 Å². The first kappa shape index (κ1) is 21.3. The smallest absolute Gasteiger partial charge is 0.318 e. The first-order valence-electron chi connectivity index (χ1n) is 11.1. The summed E-state index contributed by atoms with van der Waals surface area (Å²) in [5.41, 5.74) is 4.82. The largest absolute Gasteiger partial charge is 0.336 e. The van der Waals surface area contributed by atoms with Crippen molar-refractivity contribution in [3.8, 4) is 11.5 Å². The van der Waals surface area contributed by atoms with Crippen LogP contribution in [0.2, 0.25) is 5.02 Å². The van der Waals surface area contributed by atoms with Gasteiger partial charge in [-0.1, -0.05) is 41.9 Å². The van der Waals surface area contributed by atoms with E-state index in [1.807, 2.05) is 97.2 Å². The highest BCUT2D eigenvalue weighted by Gasteiger charge is 2.36. The fourth-order valence-electron chi connectivity index (χ4n) is 4.51. The number of nitrogens with zero attached hydrogens (tertiary/aromatic N) is 4. The lowest BCUT2D eigenvalue weighted by Crippen LogP contribution is -2.44. The molecule has 0 spiro atoms. The number of carbonyl (C=O) groups is 1. The second-order valence-corrected chi connectivity index (χ2v) is 9.06. The van der Waals surface area contributed by atoms with E-state index in [1.54, 1.807) is 0 Å². The first-order valence-corrected chi connectivity index (χ1v) is 11.5. The van der Waals surface area contributed by atoms with Gasteiger partial charge >= 0.3 is 6.03 Å². The van der Waals surface area contributed by atoms with Crippen molar-refractivity contribution in [2.75, 3.05) is 0 Å². The van der Waals surface area contributed by atoms with Gasteiger partial charge in [-0.15, -0.1) is 0 Å². The Bertz CT molecular complexity index is 1310. The quantitative estimate of drug-likeness (QED) is 0.430. The predicted octanol–water partition coefficient (Wildman–Crippen LogP) is 5.65. The van der Waals surface area contributed by atoms with E-state index in [2.05, 4.69) is 16.0 Å². The Kier molecular flexibility index (Phi) is 5.46. The van der Waals surface area contributed by atoms with Crippen molar-refractivity contribution in [3.05, 3.63) is 100 Å². The molecule has 5 rings (SSSR count). The zero-order valence-electron chi connectivity index (χ0n) is 18.9. The zero-order valence-corrected chi connectivity index (χ0v) is 19.6. The number of hydrogen-bond acceptors (Lipinski definition) is 2. The second-order valence-electron chi connectivity index (χ2n) is 8.63. The Morgan fingerprint density at radius 1 is 1.09 bits per heavy atom. The van der Waals surface area contributed by atoms with Crippen LogP contribution >= 0.6 is 11.6 Å². The van der Waals surface area contributed by atoms with Crippen LogP contribution in [0.1, 0.15) is 42.4 Å². The molecule has 1 aliphatic heterocycles. The Labute approximate surface area is 198 Å². The van der Waals surface area contributed by atoms with E-state index in [0.717, 1.165) is 34.0 Å². The summed E-state index contributed by atoms with van der Waals surface area (Å²) in [6.07, 6.45) is 2.04. The molecule has 0 radical (unpaired) electrons. The first-order chi connectivity index (χ1) is 15.9. The molecule has 2 amide bonds. The molecule has 2 aromatic heterocycles. The summed E-state index contributed by atoms with van der Waals surface area (Å²) in [5, 5.41) is 8.59. The Morgan fingerprint density at radius 3 is 2.61 bits per heavy atom. The molecule has 7 heteroatoms. The number of fused-ring (bicyclic) bond motifs is 3. The minimum atomic E-state index is -0.312.